The zero-order valence-corrected chi connectivity index (χ0v) is 10.1. The minimum atomic E-state index is 0.0350. The smallest absolute Gasteiger partial charge is 0.114 e. The van der Waals surface area contributed by atoms with E-state index in [9.17, 15) is 0 Å². The summed E-state index contributed by atoms with van der Waals surface area (Å²) in [6.45, 7) is 3.91. The molecule has 2 rings (SSSR count). The number of rotatable bonds is 3. The lowest BCUT2D eigenvalue weighted by Gasteiger charge is -2.06. The Hall–Kier alpha value is -1.26. The molecule has 0 fully saturated rings. The van der Waals surface area contributed by atoms with Crippen LogP contribution in [-0.2, 0) is 0 Å². The van der Waals surface area contributed by atoms with Crippen molar-refractivity contribution < 1.29 is 4.42 Å². The molecule has 4 heteroatoms. The number of furan rings is 1. The van der Waals surface area contributed by atoms with Gasteiger partial charge < -0.3 is 10.2 Å². The summed E-state index contributed by atoms with van der Waals surface area (Å²) in [5.74, 6) is 0.915. The zero-order valence-electron chi connectivity index (χ0n) is 9.31. The van der Waals surface area contributed by atoms with Crippen LogP contribution in [0, 0.1) is 6.92 Å². The highest BCUT2D eigenvalue weighted by atomic mass is 32.2. The maximum Gasteiger partial charge on any atom is 0.114 e. The van der Waals surface area contributed by atoms with Crippen molar-refractivity contribution in [3.63, 3.8) is 0 Å². The van der Waals surface area contributed by atoms with Crippen LogP contribution in [0.15, 0.2) is 45.0 Å². The summed E-state index contributed by atoms with van der Waals surface area (Å²) < 4.78 is 5.24. The SMILES string of the molecule is Cc1occc1Sc1cc([C@@H](C)N)ccn1. The Morgan fingerprint density at radius 2 is 2.25 bits per heavy atom. The van der Waals surface area contributed by atoms with Crippen LogP contribution in [0.2, 0.25) is 0 Å². The molecule has 2 aromatic heterocycles. The topological polar surface area (TPSA) is 52.0 Å². The van der Waals surface area contributed by atoms with Crippen molar-refractivity contribution >= 4 is 11.8 Å². The van der Waals surface area contributed by atoms with Gasteiger partial charge in [-0.1, -0.05) is 11.8 Å². The van der Waals surface area contributed by atoms with Crippen molar-refractivity contribution in [3.8, 4) is 0 Å². The van der Waals surface area contributed by atoms with Crippen LogP contribution in [0.5, 0.6) is 0 Å². The summed E-state index contributed by atoms with van der Waals surface area (Å²) in [4.78, 5) is 5.40. The Morgan fingerprint density at radius 3 is 2.88 bits per heavy atom. The summed E-state index contributed by atoms with van der Waals surface area (Å²) in [6, 6.07) is 5.94. The number of nitrogens with two attached hydrogens (primary N) is 1. The second kappa shape index (κ2) is 4.72. The van der Waals surface area contributed by atoms with Gasteiger partial charge in [-0.3, -0.25) is 0 Å². The Morgan fingerprint density at radius 1 is 1.44 bits per heavy atom. The van der Waals surface area contributed by atoms with Gasteiger partial charge in [0.15, 0.2) is 0 Å². The monoisotopic (exact) mass is 234 g/mol. The van der Waals surface area contributed by atoms with E-state index in [4.69, 9.17) is 10.2 Å². The highest BCUT2D eigenvalue weighted by molar-refractivity contribution is 7.99. The molecular weight excluding hydrogens is 220 g/mol. The van der Waals surface area contributed by atoms with Gasteiger partial charge in [-0.05, 0) is 37.6 Å². The van der Waals surface area contributed by atoms with Crippen LogP contribution in [0.3, 0.4) is 0 Å². The van der Waals surface area contributed by atoms with Crippen molar-refractivity contribution in [2.24, 2.45) is 5.73 Å². The van der Waals surface area contributed by atoms with Gasteiger partial charge in [0.05, 0.1) is 11.2 Å². The molecule has 0 radical (unpaired) electrons. The first-order valence-electron chi connectivity index (χ1n) is 5.10. The molecule has 0 aliphatic heterocycles. The number of aryl methyl sites for hydroxylation is 1. The van der Waals surface area contributed by atoms with E-state index in [1.54, 1.807) is 24.2 Å². The van der Waals surface area contributed by atoms with Gasteiger partial charge in [0.25, 0.3) is 0 Å². The molecule has 0 spiro atoms. The quantitative estimate of drug-likeness (QED) is 0.886. The highest BCUT2D eigenvalue weighted by Gasteiger charge is 2.06. The molecule has 2 N–H and O–H groups in total. The van der Waals surface area contributed by atoms with Crippen molar-refractivity contribution in [3.05, 3.63) is 42.0 Å². The summed E-state index contributed by atoms with van der Waals surface area (Å²) >= 11 is 1.59. The summed E-state index contributed by atoms with van der Waals surface area (Å²) in [5.41, 5.74) is 6.93. The van der Waals surface area contributed by atoms with E-state index in [0.29, 0.717) is 0 Å². The lowest BCUT2D eigenvalue weighted by atomic mass is 10.1. The Balaban J connectivity index is 2.22. The third kappa shape index (κ3) is 2.46. The number of hydrogen-bond acceptors (Lipinski definition) is 4. The maximum absolute atomic E-state index is 5.83. The molecule has 1 atom stereocenters. The predicted octanol–water partition coefficient (Wildman–Crippen LogP) is 3.15. The van der Waals surface area contributed by atoms with Gasteiger partial charge >= 0.3 is 0 Å². The van der Waals surface area contributed by atoms with Crippen LogP contribution in [-0.4, -0.2) is 4.98 Å². The van der Waals surface area contributed by atoms with Gasteiger partial charge in [0, 0.05) is 12.2 Å². The first-order valence-corrected chi connectivity index (χ1v) is 5.92. The summed E-state index contributed by atoms with van der Waals surface area (Å²) in [5, 5.41) is 0.944. The van der Waals surface area contributed by atoms with E-state index in [0.717, 1.165) is 21.2 Å². The number of nitrogens with zero attached hydrogens (tertiary/aromatic N) is 1. The average Bonchev–Trinajstić information content (AvgIpc) is 2.65. The van der Waals surface area contributed by atoms with Gasteiger partial charge in [-0.2, -0.15) is 0 Å². The molecule has 2 aromatic rings. The lowest BCUT2D eigenvalue weighted by molar-refractivity contribution is 0.527. The van der Waals surface area contributed by atoms with Crippen molar-refractivity contribution in [2.45, 2.75) is 29.8 Å². The first-order chi connectivity index (χ1) is 7.66. The molecular formula is C12H14N2OS. The fourth-order valence-corrected chi connectivity index (χ4v) is 2.20. The zero-order chi connectivity index (χ0) is 11.5. The van der Waals surface area contributed by atoms with E-state index >= 15 is 0 Å². The van der Waals surface area contributed by atoms with E-state index < -0.39 is 0 Å². The molecule has 0 aliphatic carbocycles. The highest BCUT2D eigenvalue weighted by Crippen LogP contribution is 2.30. The third-order valence-electron chi connectivity index (χ3n) is 2.31. The van der Waals surface area contributed by atoms with Crippen LogP contribution in [0.4, 0.5) is 0 Å². The van der Waals surface area contributed by atoms with Crippen molar-refractivity contribution in [1.82, 2.24) is 4.98 Å². The minimum Gasteiger partial charge on any atom is -0.468 e. The van der Waals surface area contributed by atoms with Gasteiger partial charge in [-0.25, -0.2) is 4.98 Å². The minimum absolute atomic E-state index is 0.0350. The molecule has 3 nitrogen and oxygen atoms in total. The molecule has 0 aliphatic rings. The van der Waals surface area contributed by atoms with Crippen LogP contribution >= 0.6 is 11.8 Å². The molecule has 84 valence electrons. The molecule has 0 aromatic carbocycles. The van der Waals surface area contributed by atoms with E-state index in [-0.39, 0.29) is 6.04 Å². The normalized spacial score (nSPS) is 12.7. The number of aromatic nitrogens is 1. The Kier molecular flexibility index (Phi) is 3.31. The fraction of sp³-hybridized carbons (Fsp3) is 0.250. The second-order valence-corrected chi connectivity index (χ2v) is 4.72. The molecule has 2 heterocycles. The molecule has 0 bridgehead atoms. The fourth-order valence-electron chi connectivity index (χ4n) is 1.36. The second-order valence-electron chi connectivity index (χ2n) is 3.66. The lowest BCUT2D eigenvalue weighted by Crippen LogP contribution is -2.04. The standard InChI is InChI=1S/C12H14N2OS/c1-8(13)10-3-5-14-12(7-10)16-11-4-6-15-9(11)2/h3-8H,13H2,1-2H3/t8-/m1/s1. The van der Waals surface area contributed by atoms with E-state index in [1.165, 1.54) is 0 Å². The first kappa shape index (κ1) is 11.2. The van der Waals surface area contributed by atoms with Crippen molar-refractivity contribution in [2.75, 3.05) is 0 Å². The molecule has 0 saturated heterocycles. The van der Waals surface area contributed by atoms with Crippen LogP contribution < -0.4 is 5.73 Å². The Bertz CT molecular complexity index is 479. The number of hydrogen-bond donors (Lipinski definition) is 1. The van der Waals surface area contributed by atoms with Gasteiger partial charge in [0.1, 0.15) is 10.8 Å². The van der Waals surface area contributed by atoms with Crippen LogP contribution in [0.25, 0.3) is 0 Å². The molecule has 0 unspecified atom stereocenters. The van der Waals surface area contributed by atoms with Gasteiger partial charge in [0.2, 0.25) is 0 Å². The predicted molar refractivity (Wildman–Crippen MR) is 64.4 cm³/mol. The largest absolute Gasteiger partial charge is 0.468 e. The van der Waals surface area contributed by atoms with E-state index in [1.807, 2.05) is 32.0 Å². The molecule has 16 heavy (non-hydrogen) atoms. The summed E-state index contributed by atoms with van der Waals surface area (Å²) in [6.07, 6.45) is 3.48. The average molecular weight is 234 g/mol. The van der Waals surface area contributed by atoms with Gasteiger partial charge in [-0.15, -0.1) is 0 Å². The van der Waals surface area contributed by atoms with E-state index in [2.05, 4.69) is 4.98 Å². The maximum atomic E-state index is 5.83. The van der Waals surface area contributed by atoms with Crippen molar-refractivity contribution in [1.29, 1.82) is 0 Å². The molecule has 0 saturated carbocycles. The van der Waals surface area contributed by atoms with Crippen LogP contribution in [0.1, 0.15) is 24.3 Å². The molecule has 0 amide bonds. The Labute approximate surface area is 99.1 Å². The third-order valence-corrected chi connectivity index (χ3v) is 3.39. The summed E-state index contributed by atoms with van der Waals surface area (Å²) in [7, 11) is 0. The number of pyridine rings is 1.